The molecule has 1 aromatic carbocycles. The number of nitrogens with one attached hydrogen (secondary N) is 1. The second kappa shape index (κ2) is 6.38. The number of benzene rings is 1. The van der Waals surface area contributed by atoms with E-state index in [2.05, 4.69) is 35.4 Å². The highest BCUT2D eigenvalue weighted by Crippen LogP contribution is 2.21. The number of aryl methyl sites for hydroxylation is 1. The molecule has 0 aliphatic rings. The lowest BCUT2D eigenvalue weighted by molar-refractivity contribution is 0.184. The molecule has 0 saturated heterocycles. The SMILES string of the molecule is CC[C@H](COC)Nc1cccc(-c2nccn2C)c1. The Kier molecular flexibility index (Phi) is 4.58. The van der Waals surface area contributed by atoms with Gasteiger partial charge in [-0.15, -0.1) is 0 Å². The van der Waals surface area contributed by atoms with Crippen LogP contribution in [0.2, 0.25) is 0 Å². The minimum Gasteiger partial charge on any atom is -0.383 e. The standard InChI is InChI=1S/C15H21N3O/c1-4-13(11-19-3)17-14-7-5-6-12(10-14)15-16-8-9-18(15)2/h5-10,13,17H,4,11H2,1-3H3/t13-/m1/s1. The molecule has 0 bridgehead atoms. The number of nitrogens with zero attached hydrogens (tertiary/aromatic N) is 2. The van der Waals surface area contributed by atoms with Crippen LogP contribution in [0, 0.1) is 0 Å². The summed E-state index contributed by atoms with van der Waals surface area (Å²) in [5.41, 5.74) is 2.22. The Morgan fingerprint density at radius 2 is 2.26 bits per heavy atom. The number of methoxy groups -OCH3 is 1. The van der Waals surface area contributed by atoms with E-state index in [9.17, 15) is 0 Å². The Balaban J connectivity index is 2.18. The van der Waals surface area contributed by atoms with Crippen molar-refractivity contribution in [3.63, 3.8) is 0 Å². The highest BCUT2D eigenvalue weighted by molar-refractivity contribution is 5.63. The van der Waals surface area contributed by atoms with Crippen LogP contribution in [0.3, 0.4) is 0 Å². The quantitative estimate of drug-likeness (QED) is 0.867. The number of aromatic nitrogens is 2. The summed E-state index contributed by atoms with van der Waals surface area (Å²) >= 11 is 0. The lowest BCUT2D eigenvalue weighted by Crippen LogP contribution is -2.23. The first-order valence-electron chi connectivity index (χ1n) is 6.57. The van der Waals surface area contributed by atoms with Crippen molar-refractivity contribution in [3.8, 4) is 11.4 Å². The van der Waals surface area contributed by atoms with Gasteiger partial charge >= 0.3 is 0 Å². The van der Waals surface area contributed by atoms with Gasteiger partial charge in [0.1, 0.15) is 5.82 Å². The van der Waals surface area contributed by atoms with Crippen molar-refractivity contribution in [3.05, 3.63) is 36.7 Å². The first kappa shape index (κ1) is 13.6. The van der Waals surface area contributed by atoms with Crippen LogP contribution in [0.15, 0.2) is 36.7 Å². The molecule has 0 radical (unpaired) electrons. The molecular weight excluding hydrogens is 238 g/mol. The van der Waals surface area contributed by atoms with Crippen molar-refractivity contribution >= 4 is 5.69 Å². The molecule has 1 heterocycles. The van der Waals surface area contributed by atoms with Crippen molar-refractivity contribution in [1.29, 1.82) is 0 Å². The second-order valence-corrected chi connectivity index (χ2v) is 4.65. The molecule has 1 N–H and O–H groups in total. The molecule has 2 aromatic rings. The number of hydrogen-bond donors (Lipinski definition) is 1. The lowest BCUT2D eigenvalue weighted by atomic mass is 10.1. The molecule has 0 aliphatic carbocycles. The number of imidazole rings is 1. The Hall–Kier alpha value is -1.81. The molecule has 0 spiro atoms. The van der Waals surface area contributed by atoms with Crippen LogP contribution in [0.1, 0.15) is 13.3 Å². The van der Waals surface area contributed by atoms with Crippen LogP contribution in [0.4, 0.5) is 5.69 Å². The summed E-state index contributed by atoms with van der Waals surface area (Å²) in [6.07, 6.45) is 4.80. The summed E-state index contributed by atoms with van der Waals surface area (Å²) in [6, 6.07) is 8.66. The maximum atomic E-state index is 5.21. The normalized spacial score (nSPS) is 12.4. The van der Waals surface area contributed by atoms with E-state index in [-0.39, 0.29) is 0 Å². The van der Waals surface area contributed by atoms with Crippen molar-refractivity contribution < 1.29 is 4.74 Å². The van der Waals surface area contributed by atoms with Gasteiger partial charge in [0.05, 0.1) is 6.61 Å². The summed E-state index contributed by atoms with van der Waals surface area (Å²) < 4.78 is 7.23. The molecule has 4 heteroatoms. The van der Waals surface area contributed by atoms with E-state index in [1.165, 1.54) is 0 Å². The molecule has 4 nitrogen and oxygen atoms in total. The van der Waals surface area contributed by atoms with Crippen molar-refractivity contribution in [2.24, 2.45) is 7.05 Å². The third-order valence-electron chi connectivity index (χ3n) is 3.17. The molecule has 0 amide bonds. The molecule has 0 aliphatic heterocycles. The molecule has 0 fully saturated rings. The van der Waals surface area contributed by atoms with Gasteiger partial charge in [-0.05, 0) is 18.6 Å². The van der Waals surface area contributed by atoms with Crippen molar-refractivity contribution in [2.45, 2.75) is 19.4 Å². The topological polar surface area (TPSA) is 39.1 Å². The molecule has 102 valence electrons. The van der Waals surface area contributed by atoms with Gasteiger partial charge in [0.2, 0.25) is 0 Å². The zero-order valence-corrected chi connectivity index (χ0v) is 11.8. The van der Waals surface area contributed by atoms with Crippen LogP contribution in [-0.2, 0) is 11.8 Å². The Labute approximate surface area is 114 Å². The summed E-state index contributed by atoms with van der Waals surface area (Å²) in [5.74, 6) is 0.975. The third kappa shape index (κ3) is 3.35. The summed E-state index contributed by atoms with van der Waals surface area (Å²) in [4.78, 5) is 4.37. The van der Waals surface area contributed by atoms with Crippen molar-refractivity contribution in [1.82, 2.24) is 9.55 Å². The van der Waals surface area contributed by atoms with Crippen LogP contribution >= 0.6 is 0 Å². The Bertz CT molecular complexity index is 522. The van der Waals surface area contributed by atoms with Gasteiger partial charge < -0.3 is 14.6 Å². The summed E-state index contributed by atoms with van der Waals surface area (Å²) in [7, 11) is 3.73. The van der Waals surface area contributed by atoms with E-state index >= 15 is 0 Å². The zero-order chi connectivity index (χ0) is 13.7. The minimum absolute atomic E-state index is 0.335. The van der Waals surface area contributed by atoms with E-state index in [1.807, 2.05) is 30.1 Å². The molecule has 1 atom stereocenters. The predicted molar refractivity (Wildman–Crippen MR) is 78.2 cm³/mol. The highest BCUT2D eigenvalue weighted by atomic mass is 16.5. The maximum Gasteiger partial charge on any atom is 0.139 e. The van der Waals surface area contributed by atoms with Gasteiger partial charge in [0.15, 0.2) is 0 Å². The Morgan fingerprint density at radius 3 is 2.89 bits per heavy atom. The first-order chi connectivity index (χ1) is 9.24. The average Bonchev–Trinajstić information content (AvgIpc) is 2.85. The van der Waals surface area contributed by atoms with E-state index in [0.29, 0.717) is 12.6 Å². The number of hydrogen-bond acceptors (Lipinski definition) is 3. The van der Waals surface area contributed by atoms with Gasteiger partial charge in [0.25, 0.3) is 0 Å². The van der Waals surface area contributed by atoms with Crippen LogP contribution in [-0.4, -0.2) is 29.3 Å². The lowest BCUT2D eigenvalue weighted by Gasteiger charge is -2.17. The smallest absolute Gasteiger partial charge is 0.139 e. The van der Waals surface area contributed by atoms with Crippen LogP contribution in [0.5, 0.6) is 0 Å². The predicted octanol–water partition coefficient (Wildman–Crippen LogP) is 2.92. The molecule has 1 aromatic heterocycles. The monoisotopic (exact) mass is 259 g/mol. The van der Waals surface area contributed by atoms with Gasteiger partial charge in [-0.25, -0.2) is 4.98 Å². The molecule has 19 heavy (non-hydrogen) atoms. The zero-order valence-electron chi connectivity index (χ0n) is 11.8. The third-order valence-corrected chi connectivity index (χ3v) is 3.17. The number of rotatable bonds is 6. The fourth-order valence-corrected chi connectivity index (χ4v) is 2.09. The maximum absolute atomic E-state index is 5.21. The molecular formula is C15H21N3O. The van der Waals surface area contributed by atoms with Crippen LogP contribution in [0.25, 0.3) is 11.4 Å². The van der Waals surface area contributed by atoms with E-state index in [1.54, 1.807) is 7.11 Å². The van der Waals surface area contributed by atoms with E-state index in [0.717, 1.165) is 23.5 Å². The second-order valence-electron chi connectivity index (χ2n) is 4.65. The Morgan fingerprint density at radius 1 is 1.42 bits per heavy atom. The largest absolute Gasteiger partial charge is 0.383 e. The summed E-state index contributed by atoms with van der Waals surface area (Å²) in [5, 5.41) is 3.49. The minimum atomic E-state index is 0.335. The highest BCUT2D eigenvalue weighted by Gasteiger charge is 2.07. The molecule has 0 saturated carbocycles. The van der Waals surface area contributed by atoms with Crippen LogP contribution < -0.4 is 5.32 Å². The fourth-order valence-electron chi connectivity index (χ4n) is 2.09. The average molecular weight is 259 g/mol. The van der Waals surface area contributed by atoms with E-state index in [4.69, 9.17) is 4.74 Å². The fraction of sp³-hybridized carbons (Fsp3) is 0.400. The number of anilines is 1. The van der Waals surface area contributed by atoms with Crippen molar-refractivity contribution in [2.75, 3.05) is 19.0 Å². The molecule has 2 rings (SSSR count). The summed E-state index contributed by atoms with van der Waals surface area (Å²) in [6.45, 7) is 2.86. The molecule has 0 unspecified atom stereocenters. The number of ether oxygens (including phenoxy) is 1. The van der Waals surface area contributed by atoms with E-state index < -0.39 is 0 Å². The van der Waals surface area contributed by atoms with Gasteiger partial charge in [0, 0.05) is 43.8 Å². The van der Waals surface area contributed by atoms with Gasteiger partial charge in [-0.2, -0.15) is 0 Å². The van der Waals surface area contributed by atoms with Gasteiger partial charge in [-0.1, -0.05) is 19.1 Å². The van der Waals surface area contributed by atoms with Gasteiger partial charge in [-0.3, -0.25) is 0 Å². The first-order valence-corrected chi connectivity index (χ1v) is 6.57.